The number of benzene rings is 3. The Kier molecular flexibility index (Phi) is 7.26. The van der Waals surface area contributed by atoms with E-state index in [1.165, 1.54) is 12.4 Å². The predicted molar refractivity (Wildman–Crippen MR) is 127 cm³/mol. The number of halogens is 4. The first-order chi connectivity index (χ1) is 16.9. The smallest absolute Gasteiger partial charge is 0.247 e. The van der Waals surface area contributed by atoms with E-state index in [1.807, 2.05) is 30.3 Å². The Morgan fingerprint density at radius 1 is 0.600 bits per heavy atom. The summed E-state index contributed by atoms with van der Waals surface area (Å²) in [7, 11) is 0. The van der Waals surface area contributed by atoms with E-state index < -0.39 is 23.3 Å². The number of anilines is 4. The zero-order valence-electron chi connectivity index (χ0n) is 17.9. The van der Waals surface area contributed by atoms with Crippen molar-refractivity contribution in [3.05, 3.63) is 107 Å². The lowest BCUT2D eigenvalue weighted by molar-refractivity contribution is 0.582. The zero-order valence-corrected chi connectivity index (χ0v) is 17.9. The molecule has 11 heteroatoms. The summed E-state index contributed by atoms with van der Waals surface area (Å²) in [6.45, 7) is 0. The molecule has 1 aromatic heterocycles. The Morgan fingerprint density at radius 2 is 1.11 bits per heavy atom. The molecule has 4 rings (SSSR count). The Bertz CT molecular complexity index is 1260. The van der Waals surface area contributed by atoms with Crippen LogP contribution in [0.1, 0.15) is 11.1 Å². The van der Waals surface area contributed by atoms with Crippen molar-refractivity contribution in [1.82, 2.24) is 9.97 Å². The van der Waals surface area contributed by atoms with E-state index in [0.717, 1.165) is 42.1 Å². The lowest BCUT2D eigenvalue weighted by Crippen LogP contribution is -2.04. The Hall–Kier alpha value is -4.80. The second kappa shape index (κ2) is 10.9. The summed E-state index contributed by atoms with van der Waals surface area (Å²) in [5, 5.41) is 11.0. The van der Waals surface area contributed by atoms with Crippen LogP contribution >= 0.6 is 0 Å². The van der Waals surface area contributed by atoms with Crippen LogP contribution in [0.4, 0.5) is 40.8 Å². The van der Waals surface area contributed by atoms with Gasteiger partial charge in [0.25, 0.3) is 0 Å². The van der Waals surface area contributed by atoms with E-state index in [0.29, 0.717) is 5.82 Å². The van der Waals surface area contributed by atoms with Crippen LogP contribution in [0.25, 0.3) is 0 Å². The molecule has 176 valence electrons. The van der Waals surface area contributed by atoms with E-state index in [4.69, 9.17) is 0 Å². The average Bonchev–Trinajstić information content (AvgIpc) is 2.78. The van der Waals surface area contributed by atoms with Gasteiger partial charge in [0.05, 0.1) is 12.4 Å². The maximum absolute atomic E-state index is 13.4. The number of rotatable bonds is 8. The minimum atomic E-state index is -0.737. The van der Waals surface area contributed by atoms with E-state index >= 15 is 0 Å². The van der Waals surface area contributed by atoms with Crippen LogP contribution in [-0.4, -0.2) is 22.4 Å². The number of hydrazone groups is 2. The molecular formula is C24H17F4N7. The Labute approximate surface area is 197 Å². The van der Waals surface area contributed by atoms with Crippen molar-refractivity contribution in [2.24, 2.45) is 10.2 Å². The standard InChI is InChI=1S/C24H17F4N7/c25-17-6-15(7-18(26)10-17)13-29-34-23-12-22(31-21-4-2-1-3-5-21)32-24(33-23)35-30-14-16-8-19(27)11-20(28)9-16/h1-14H,(H3,31,32,33,34,35). The molecule has 0 saturated carbocycles. The molecular weight excluding hydrogens is 462 g/mol. The fourth-order valence-electron chi connectivity index (χ4n) is 2.92. The fraction of sp³-hybridized carbons (Fsp3) is 0. The van der Waals surface area contributed by atoms with Crippen LogP contribution in [0.2, 0.25) is 0 Å². The van der Waals surface area contributed by atoms with Crippen LogP contribution in [0.3, 0.4) is 0 Å². The van der Waals surface area contributed by atoms with Crippen molar-refractivity contribution < 1.29 is 17.6 Å². The summed E-state index contributed by atoms with van der Waals surface area (Å²) in [6, 6.07) is 16.7. The van der Waals surface area contributed by atoms with E-state index in [2.05, 4.69) is 36.3 Å². The summed E-state index contributed by atoms with van der Waals surface area (Å²) < 4.78 is 53.4. The van der Waals surface area contributed by atoms with Crippen LogP contribution in [-0.2, 0) is 0 Å². The van der Waals surface area contributed by atoms with Gasteiger partial charge in [0.1, 0.15) is 29.1 Å². The SMILES string of the molecule is Fc1cc(F)cc(C=NNc2cc(Nc3ccccc3)nc(NN=Cc3cc(F)cc(F)c3)n2)c1. The number of nitrogens with zero attached hydrogens (tertiary/aromatic N) is 4. The third-order valence-corrected chi connectivity index (χ3v) is 4.31. The molecule has 0 amide bonds. The molecule has 1 heterocycles. The number of hydrogen-bond donors (Lipinski definition) is 3. The summed E-state index contributed by atoms with van der Waals surface area (Å²) in [5.41, 5.74) is 6.41. The van der Waals surface area contributed by atoms with E-state index in [1.54, 1.807) is 6.07 Å². The van der Waals surface area contributed by atoms with Gasteiger partial charge < -0.3 is 5.32 Å². The predicted octanol–water partition coefficient (Wildman–Crippen LogP) is 5.67. The molecule has 0 unspecified atom stereocenters. The van der Waals surface area contributed by atoms with Gasteiger partial charge in [-0.2, -0.15) is 20.2 Å². The zero-order chi connectivity index (χ0) is 24.6. The molecule has 0 saturated heterocycles. The number of aromatic nitrogens is 2. The van der Waals surface area contributed by atoms with Crippen LogP contribution < -0.4 is 16.2 Å². The van der Waals surface area contributed by atoms with Crippen LogP contribution in [0, 0.1) is 23.3 Å². The van der Waals surface area contributed by atoms with Crippen molar-refractivity contribution >= 4 is 35.7 Å². The van der Waals surface area contributed by atoms with E-state index in [-0.39, 0.29) is 22.9 Å². The molecule has 0 spiro atoms. The summed E-state index contributed by atoms with van der Waals surface area (Å²) in [4.78, 5) is 8.51. The first-order valence-corrected chi connectivity index (χ1v) is 10.1. The molecule has 0 aliphatic carbocycles. The molecule has 0 aliphatic rings. The molecule has 35 heavy (non-hydrogen) atoms. The summed E-state index contributed by atoms with van der Waals surface area (Å²) in [6.07, 6.45) is 2.43. The maximum Gasteiger partial charge on any atom is 0.247 e. The van der Waals surface area contributed by atoms with E-state index in [9.17, 15) is 17.6 Å². The highest BCUT2D eigenvalue weighted by atomic mass is 19.1. The lowest BCUT2D eigenvalue weighted by atomic mass is 10.2. The minimum Gasteiger partial charge on any atom is -0.340 e. The molecule has 0 bridgehead atoms. The largest absolute Gasteiger partial charge is 0.340 e. The lowest BCUT2D eigenvalue weighted by Gasteiger charge is -2.09. The van der Waals surface area contributed by atoms with Gasteiger partial charge in [-0.25, -0.2) is 23.0 Å². The van der Waals surface area contributed by atoms with Gasteiger partial charge in [-0.1, -0.05) is 18.2 Å². The van der Waals surface area contributed by atoms with Crippen molar-refractivity contribution in [2.45, 2.75) is 0 Å². The van der Waals surface area contributed by atoms with Crippen molar-refractivity contribution in [1.29, 1.82) is 0 Å². The number of para-hydroxylation sites is 1. The molecule has 0 radical (unpaired) electrons. The van der Waals surface area contributed by atoms with Gasteiger partial charge in [-0.3, -0.25) is 5.43 Å². The van der Waals surface area contributed by atoms with Gasteiger partial charge >= 0.3 is 0 Å². The monoisotopic (exact) mass is 479 g/mol. The highest BCUT2D eigenvalue weighted by molar-refractivity contribution is 5.81. The molecule has 7 nitrogen and oxygen atoms in total. The third-order valence-electron chi connectivity index (χ3n) is 4.31. The highest BCUT2D eigenvalue weighted by Crippen LogP contribution is 2.19. The summed E-state index contributed by atoms with van der Waals surface area (Å²) >= 11 is 0. The van der Waals surface area contributed by atoms with Crippen LogP contribution in [0.15, 0.2) is 83.0 Å². The van der Waals surface area contributed by atoms with Gasteiger partial charge in [-0.15, -0.1) is 0 Å². The van der Waals surface area contributed by atoms with Crippen molar-refractivity contribution in [3.8, 4) is 0 Å². The number of hydrogen-bond acceptors (Lipinski definition) is 7. The molecule has 0 fully saturated rings. The normalized spacial score (nSPS) is 11.2. The van der Waals surface area contributed by atoms with Crippen molar-refractivity contribution in [2.75, 3.05) is 16.2 Å². The Balaban J connectivity index is 1.54. The molecule has 4 aromatic rings. The highest BCUT2D eigenvalue weighted by Gasteiger charge is 2.06. The summed E-state index contributed by atoms with van der Waals surface area (Å²) in [5.74, 6) is -2.31. The van der Waals surface area contributed by atoms with Crippen molar-refractivity contribution in [3.63, 3.8) is 0 Å². The number of nitrogens with one attached hydrogen (secondary N) is 3. The molecule has 0 aliphatic heterocycles. The van der Waals surface area contributed by atoms with Gasteiger partial charge in [0.2, 0.25) is 5.95 Å². The molecule has 0 atom stereocenters. The fourth-order valence-corrected chi connectivity index (χ4v) is 2.92. The average molecular weight is 479 g/mol. The maximum atomic E-state index is 13.4. The first kappa shape index (κ1) is 23.4. The second-order valence-corrected chi connectivity index (χ2v) is 7.10. The van der Waals surface area contributed by atoms with Gasteiger partial charge in [-0.05, 0) is 36.4 Å². The molecule has 3 aromatic carbocycles. The molecule has 3 N–H and O–H groups in total. The van der Waals surface area contributed by atoms with Gasteiger partial charge in [0, 0.05) is 35.0 Å². The first-order valence-electron chi connectivity index (χ1n) is 10.1. The van der Waals surface area contributed by atoms with Crippen LogP contribution in [0.5, 0.6) is 0 Å². The second-order valence-electron chi connectivity index (χ2n) is 7.10. The Morgan fingerprint density at radius 3 is 1.69 bits per heavy atom. The quantitative estimate of drug-likeness (QED) is 0.172. The van der Waals surface area contributed by atoms with Gasteiger partial charge in [0.15, 0.2) is 5.82 Å². The third kappa shape index (κ3) is 7.09. The minimum absolute atomic E-state index is 0.0357. The topological polar surface area (TPSA) is 86.6 Å².